The maximum Gasteiger partial charge on any atom is 0.279 e. The highest BCUT2D eigenvalue weighted by atomic mass is 19.3. The molecule has 3 heterocycles. The van der Waals surface area contributed by atoms with E-state index in [0.717, 1.165) is 36.3 Å². The molecule has 6 nitrogen and oxygen atoms in total. The first-order valence-corrected chi connectivity index (χ1v) is 10.9. The third-order valence-corrected chi connectivity index (χ3v) is 8.14. The van der Waals surface area contributed by atoms with Crippen molar-refractivity contribution in [1.29, 1.82) is 0 Å². The van der Waals surface area contributed by atoms with E-state index in [1.165, 1.54) is 45.1 Å². The van der Waals surface area contributed by atoms with Crippen LogP contribution in [0.4, 0.5) is 8.78 Å². The summed E-state index contributed by atoms with van der Waals surface area (Å²) in [7, 11) is 0. The van der Waals surface area contributed by atoms with Gasteiger partial charge in [-0.2, -0.15) is 5.10 Å². The highest BCUT2D eigenvalue weighted by Crippen LogP contribution is 2.65. The van der Waals surface area contributed by atoms with Crippen molar-refractivity contribution in [2.45, 2.75) is 64.0 Å². The molecule has 0 aromatic carbocycles. The van der Waals surface area contributed by atoms with Crippen molar-refractivity contribution in [3.05, 3.63) is 22.9 Å². The van der Waals surface area contributed by atoms with Crippen LogP contribution in [0.5, 0.6) is 0 Å². The number of likely N-dealkylation sites (tertiary alicyclic amines) is 1. The minimum Gasteiger partial charge on any atom is -0.302 e. The Labute approximate surface area is 167 Å². The van der Waals surface area contributed by atoms with E-state index >= 15 is 0 Å². The van der Waals surface area contributed by atoms with Crippen LogP contribution in [0.1, 0.15) is 51.0 Å². The molecule has 156 valence electrons. The smallest absolute Gasteiger partial charge is 0.279 e. The Kier molecular flexibility index (Phi) is 3.78. The molecule has 2 aromatic heterocycles. The summed E-state index contributed by atoms with van der Waals surface area (Å²) >= 11 is 0. The first-order valence-electron chi connectivity index (χ1n) is 10.9. The monoisotopic (exact) mass is 403 g/mol. The lowest BCUT2D eigenvalue weighted by atomic mass is 9.44. The fraction of sp³-hybridized carbons (Fsp3) is 0.762. The lowest BCUT2D eigenvalue weighted by Gasteiger charge is -2.66. The molecule has 2 aromatic rings. The van der Waals surface area contributed by atoms with Crippen LogP contribution in [0.3, 0.4) is 0 Å². The number of nitrogens with zero attached hydrogens (tertiary/aromatic N) is 5. The SMILES string of the molecule is O=c1c2c(cnn2CC(F)F)ncn1C1CCC2(CC1)CN(CC13CC(C1)C3)C2. The van der Waals surface area contributed by atoms with Gasteiger partial charge >= 0.3 is 0 Å². The molecule has 7 rings (SSSR count). The zero-order valence-electron chi connectivity index (χ0n) is 16.6. The van der Waals surface area contributed by atoms with Crippen LogP contribution < -0.4 is 5.56 Å². The molecule has 2 bridgehead atoms. The molecular weight excluding hydrogens is 376 g/mol. The maximum atomic E-state index is 13.0. The van der Waals surface area contributed by atoms with Crippen molar-refractivity contribution in [3.63, 3.8) is 0 Å². The predicted octanol–water partition coefficient (Wildman–Crippen LogP) is 3.08. The van der Waals surface area contributed by atoms with Gasteiger partial charge < -0.3 is 4.90 Å². The first kappa shape index (κ1) is 18.0. The van der Waals surface area contributed by atoms with E-state index in [-0.39, 0.29) is 17.1 Å². The van der Waals surface area contributed by atoms with E-state index in [1.54, 1.807) is 10.9 Å². The zero-order valence-corrected chi connectivity index (χ0v) is 16.6. The van der Waals surface area contributed by atoms with Crippen molar-refractivity contribution < 1.29 is 8.78 Å². The van der Waals surface area contributed by atoms with Gasteiger partial charge in [0.25, 0.3) is 12.0 Å². The summed E-state index contributed by atoms with van der Waals surface area (Å²) in [5.41, 5.74) is 1.45. The molecule has 8 heteroatoms. The van der Waals surface area contributed by atoms with Crippen LogP contribution in [0, 0.1) is 16.7 Å². The van der Waals surface area contributed by atoms with Crippen molar-refractivity contribution in [2.75, 3.05) is 19.6 Å². The van der Waals surface area contributed by atoms with Gasteiger partial charge in [0.15, 0.2) is 5.52 Å². The third-order valence-electron chi connectivity index (χ3n) is 8.14. The molecule has 4 saturated carbocycles. The Morgan fingerprint density at radius 1 is 1.17 bits per heavy atom. The van der Waals surface area contributed by atoms with Gasteiger partial charge in [-0.3, -0.25) is 14.0 Å². The van der Waals surface area contributed by atoms with E-state index in [0.29, 0.717) is 16.3 Å². The molecule has 29 heavy (non-hydrogen) atoms. The molecule has 1 aliphatic heterocycles. The highest BCUT2D eigenvalue weighted by molar-refractivity contribution is 5.72. The Morgan fingerprint density at radius 2 is 1.90 bits per heavy atom. The second-order valence-electron chi connectivity index (χ2n) is 10.3. The molecule has 5 aliphatic rings. The Balaban J connectivity index is 1.13. The second-order valence-corrected chi connectivity index (χ2v) is 10.3. The molecule has 4 aliphatic carbocycles. The van der Waals surface area contributed by atoms with Crippen molar-refractivity contribution in [3.8, 4) is 0 Å². The number of rotatable bonds is 5. The van der Waals surface area contributed by atoms with Gasteiger partial charge in [0.1, 0.15) is 12.1 Å². The summed E-state index contributed by atoms with van der Waals surface area (Å²) in [5, 5.41) is 3.94. The quantitative estimate of drug-likeness (QED) is 0.770. The van der Waals surface area contributed by atoms with Gasteiger partial charge in [0.2, 0.25) is 0 Å². The van der Waals surface area contributed by atoms with E-state index in [2.05, 4.69) is 15.0 Å². The fourth-order valence-electron chi connectivity index (χ4n) is 6.67. The average molecular weight is 403 g/mol. The number of hydrogen-bond acceptors (Lipinski definition) is 4. The van der Waals surface area contributed by atoms with Crippen LogP contribution >= 0.6 is 0 Å². The summed E-state index contributed by atoms with van der Waals surface area (Å²) in [5.74, 6) is 1.04. The van der Waals surface area contributed by atoms with Crippen molar-refractivity contribution >= 4 is 11.0 Å². The number of hydrogen-bond donors (Lipinski definition) is 0. The maximum absolute atomic E-state index is 13.0. The molecule has 5 fully saturated rings. The molecule has 1 spiro atoms. The Bertz CT molecular complexity index is 981. The van der Waals surface area contributed by atoms with Crippen LogP contribution in [-0.4, -0.2) is 50.3 Å². The molecule has 0 radical (unpaired) electrons. The Morgan fingerprint density at radius 3 is 2.52 bits per heavy atom. The fourth-order valence-corrected chi connectivity index (χ4v) is 6.67. The highest BCUT2D eigenvalue weighted by Gasteiger charge is 2.58. The normalized spacial score (nSPS) is 31.1. The van der Waals surface area contributed by atoms with E-state index in [1.807, 2.05) is 0 Å². The van der Waals surface area contributed by atoms with E-state index < -0.39 is 13.0 Å². The minimum absolute atomic E-state index is 0.103. The summed E-state index contributed by atoms with van der Waals surface area (Å²) in [6.07, 6.45) is 8.97. The summed E-state index contributed by atoms with van der Waals surface area (Å²) in [6, 6.07) is 0.103. The summed E-state index contributed by atoms with van der Waals surface area (Å²) in [4.78, 5) is 20.0. The minimum atomic E-state index is -2.55. The van der Waals surface area contributed by atoms with Crippen molar-refractivity contribution in [2.24, 2.45) is 16.7 Å². The molecule has 0 N–H and O–H groups in total. The third kappa shape index (κ3) is 2.78. The molecule has 0 amide bonds. The van der Waals surface area contributed by atoms with Gasteiger partial charge in [-0.05, 0) is 61.7 Å². The van der Waals surface area contributed by atoms with Gasteiger partial charge in [-0.1, -0.05) is 0 Å². The lowest BCUT2D eigenvalue weighted by Crippen LogP contribution is -2.65. The van der Waals surface area contributed by atoms with Crippen LogP contribution in [0.25, 0.3) is 11.0 Å². The summed E-state index contributed by atoms with van der Waals surface area (Å²) in [6.45, 7) is 3.14. The van der Waals surface area contributed by atoms with Crippen LogP contribution in [0.15, 0.2) is 17.3 Å². The average Bonchev–Trinajstić information content (AvgIpc) is 2.99. The van der Waals surface area contributed by atoms with Crippen LogP contribution in [-0.2, 0) is 6.54 Å². The first-order chi connectivity index (χ1) is 13.9. The predicted molar refractivity (Wildman–Crippen MR) is 104 cm³/mol. The van der Waals surface area contributed by atoms with Crippen molar-refractivity contribution in [1.82, 2.24) is 24.2 Å². The zero-order chi connectivity index (χ0) is 19.8. The molecular formula is C21H27F2N5O. The largest absolute Gasteiger partial charge is 0.302 e. The number of alkyl halides is 2. The van der Waals surface area contributed by atoms with E-state index in [9.17, 15) is 13.6 Å². The molecule has 0 atom stereocenters. The van der Waals surface area contributed by atoms with Gasteiger partial charge in [-0.25, -0.2) is 13.8 Å². The van der Waals surface area contributed by atoms with Gasteiger partial charge in [-0.15, -0.1) is 0 Å². The molecule has 0 unspecified atom stereocenters. The second kappa shape index (κ2) is 6.09. The lowest BCUT2D eigenvalue weighted by molar-refractivity contribution is -0.156. The van der Waals surface area contributed by atoms with E-state index in [4.69, 9.17) is 0 Å². The number of fused-ring (bicyclic) bond motifs is 1. The number of halogens is 2. The summed E-state index contributed by atoms with van der Waals surface area (Å²) < 4.78 is 28.4. The number of aromatic nitrogens is 4. The Hall–Kier alpha value is -1.83. The standard InChI is InChI=1S/C21H27F2N5O/c22-17(23)9-28-18-16(8-25-28)24-13-27(19(18)29)15-1-3-20(4-2-15)10-26(11-20)12-21-5-14(6-21)7-21/h8,13-15,17H,1-7,9-12H2. The topological polar surface area (TPSA) is 56.0 Å². The van der Waals surface area contributed by atoms with Gasteiger partial charge in [0.05, 0.1) is 12.5 Å². The molecule has 1 saturated heterocycles. The van der Waals surface area contributed by atoms with Crippen LogP contribution in [0.2, 0.25) is 0 Å². The van der Waals surface area contributed by atoms with Gasteiger partial charge in [0, 0.05) is 25.7 Å².